The number of aliphatic hydroxyl groups excluding tert-OH is 1. The molecule has 2 fully saturated rings. The Morgan fingerprint density at radius 3 is 1.73 bits per heavy atom. The van der Waals surface area contributed by atoms with E-state index < -0.39 is 36.1 Å². The van der Waals surface area contributed by atoms with Crippen molar-refractivity contribution in [1.29, 1.82) is 0 Å². The molecule has 2 aliphatic heterocycles. The molecular weight excluding hydrogens is 548 g/mol. The third-order valence-electron chi connectivity index (χ3n) is 9.64. The molecule has 1 unspecified atom stereocenters. The van der Waals surface area contributed by atoms with E-state index in [0.717, 1.165) is 46.2 Å². The fourth-order valence-corrected chi connectivity index (χ4v) is 7.57. The van der Waals surface area contributed by atoms with Gasteiger partial charge in [0, 0.05) is 18.5 Å². The summed E-state index contributed by atoms with van der Waals surface area (Å²) in [6, 6.07) is 33.6. The molecule has 2 heterocycles. The van der Waals surface area contributed by atoms with E-state index in [4.69, 9.17) is 0 Å². The van der Waals surface area contributed by atoms with Gasteiger partial charge in [-0.05, 0) is 66.5 Å². The van der Waals surface area contributed by atoms with Crippen LogP contribution in [0.25, 0.3) is 0 Å². The summed E-state index contributed by atoms with van der Waals surface area (Å²) in [5.74, 6) is -2.09. The SMILES string of the molecule is Cc1ccccc1C(c1ccccc1C)C(O)N1C[C@@H]2CCC[C@H]([C@H]1C(=O)O)N2C(=O)C(c1ccccc1)c1ccccc1. The summed E-state index contributed by atoms with van der Waals surface area (Å²) in [4.78, 5) is 31.5. The lowest BCUT2D eigenvalue weighted by Crippen LogP contribution is -2.71. The van der Waals surface area contributed by atoms with E-state index in [1.807, 2.05) is 128 Å². The van der Waals surface area contributed by atoms with Crippen LogP contribution in [0.3, 0.4) is 0 Å². The number of hydrogen-bond donors (Lipinski definition) is 2. The van der Waals surface area contributed by atoms with Crippen LogP contribution in [-0.2, 0) is 9.59 Å². The van der Waals surface area contributed by atoms with E-state index in [0.29, 0.717) is 6.42 Å². The summed E-state index contributed by atoms with van der Waals surface area (Å²) in [6.07, 6.45) is 1.07. The number of fused-ring (bicyclic) bond motifs is 2. The number of piperazine rings is 1. The van der Waals surface area contributed by atoms with Gasteiger partial charge in [0.05, 0.1) is 12.0 Å². The first-order valence-electron chi connectivity index (χ1n) is 15.6. The van der Waals surface area contributed by atoms with Crippen LogP contribution in [0.4, 0.5) is 0 Å². The summed E-state index contributed by atoms with van der Waals surface area (Å²) in [7, 11) is 0. The van der Waals surface area contributed by atoms with E-state index >= 15 is 0 Å². The minimum absolute atomic E-state index is 0.0770. The van der Waals surface area contributed by atoms with Crippen molar-refractivity contribution in [3.8, 4) is 0 Å². The van der Waals surface area contributed by atoms with Crippen molar-refractivity contribution >= 4 is 11.9 Å². The minimum atomic E-state index is -1.10. The van der Waals surface area contributed by atoms with Gasteiger partial charge < -0.3 is 15.1 Å². The Hall–Kier alpha value is -4.26. The number of aliphatic carboxylic acids is 1. The van der Waals surface area contributed by atoms with Crippen LogP contribution in [0.1, 0.15) is 64.5 Å². The largest absolute Gasteiger partial charge is 0.480 e. The molecule has 6 nitrogen and oxygen atoms in total. The number of carbonyl (C=O) groups excluding carboxylic acids is 1. The summed E-state index contributed by atoms with van der Waals surface area (Å²) in [5, 5.41) is 23.1. The molecule has 2 bridgehead atoms. The highest BCUT2D eigenvalue weighted by molar-refractivity contribution is 5.89. The standard InChI is InChI=1S/C38H40N2O4/c1-25-14-9-11-21-30(25)34(31-22-12-10-15-26(31)2)36(41)39-24-29-20-13-23-32(35(39)38(43)44)40(29)37(42)33(27-16-5-3-6-17-27)28-18-7-4-8-19-28/h3-12,14-19,21-22,29,32-36,41H,13,20,23-24H2,1-2H3,(H,43,44)/t29-,32+,35-,36?/m0/s1. The van der Waals surface area contributed by atoms with Crippen molar-refractivity contribution in [3.05, 3.63) is 143 Å². The maximum Gasteiger partial charge on any atom is 0.323 e. The Morgan fingerprint density at radius 2 is 1.23 bits per heavy atom. The van der Waals surface area contributed by atoms with E-state index in [1.165, 1.54) is 0 Å². The quantitative estimate of drug-likeness (QED) is 0.260. The van der Waals surface area contributed by atoms with Crippen molar-refractivity contribution in [3.63, 3.8) is 0 Å². The van der Waals surface area contributed by atoms with Crippen molar-refractivity contribution in [2.75, 3.05) is 6.54 Å². The average molecular weight is 589 g/mol. The van der Waals surface area contributed by atoms with Crippen LogP contribution in [0.15, 0.2) is 109 Å². The molecule has 6 rings (SSSR count). The average Bonchev–Trinajstić information content (AvgIpc) is 3.03. The Balaban J connectivity index is 1.41. The molecule has 1 amide bonds. The molecule has 226 valence electrons. The van der Waals surface area contributed by atoms with Gasteiger partial charge in [0.25, 0.3) is 0 Å². The number of aliphatic hydroxyl groups is 1. The molecule has 2 aliphatic rings. The van der Waals surface area contributed by atoms with Gasteiger partial charge in [0.2, 0.25) is 5.91 Å². The summed E-state index contributed by atoms with van der Waals surface area (Å²) in [6.45, 7) is 4.34. The smallest absolute Gasteiger partial charge is 0.323 e. The van der Waals surface area contributed by atoms with E-state index in [2.05, 4.69) is 0 Å². The molecule has 6 heteroatoms. The number of carbonyl (C=O) groups is 2. The second-order valence-corrected chi connectivity index (χ2v) is 12.2. The Labute approximate surface area is 259 Å². The minimum Gasteiger partial charge on any atom is -0.480 e. The number of rotatable bonds is 8. The second-order valence-electron chi connectivity index (χ2n) is 12.2. The molecule has 0 radical (unpaired) electrons. The van der Waals surface area contributed by atoms with Gasteiger partial charge in [-0.25, -0.2) is 0 Å². The number of aryl methyl sites for hydroxylation is 2. The summed E-state index contributed by atoms with van der Waals surface area (Å²) >= 11 is 0. The molecule has 2 N–H and O–H groups in total. The lowest BCUT2D eigenvalue weighted by atomic mass is 9.80. The predicted molar refractivity (Wildman–Crippen MR) is 171 cm³/mol. The Bertz CT molecular complexity index is 1520. The van der Waals surface area contributed by atoms with E-state index in [1.54, 1.807) is 4.90 Å². The molecule has 4 atom stereocenters. The zero-order valence-electron chi connectivity index (χ0n) is 25.3. The molecule has 4 aromatic rings. The van der Waals surface area contributed by atoms with Crippen molar-refractivity contribution in [1.82, 2.24) is 9.80 Å². The maximum absolute atomic E-state index is 14.7. The number of likely N-dealkylation sites (tertiary alicyclic amines) is 1. The highest BCUT2D eigenvalue weighted by Crippen LogP contribution is 2.41. The van der Waals surface area contributed by atoms with Gasteiger partial charge in [-0.2, -0.15) is 0 Å². The third kappa shape index (κ3) is 5.56. The molecular formula is C38H40N2O4. The summed E-state index contributed by atoms with van der Waals surface area (Å²) in [5.41, 5.74) is 5.78. The topological polar surface area (TPSA) is 81.1 Å². The van der Waals surface area contributed by atoms with Crippen LogP contribution in [0, 0.1) is 13.8 Å². The molecule has 44 heavy (non-hydrogen) atoms. The van der Waals surface area contributed by atoms with Crippen molar-refractivity contribution < 1.29 is 19.8 Å². The summed E-state index contributed by atoms with van der Waals surface area (Å²) < 4.78 is 0. The lowest BCUT2D eigenvalue weighted by Gasteiger charge is -2.55. The fourth-order valence-electron chi connectivity index (χ4n) is 7.57. The Morgan fingerprint density at radius 1 is 0.727 bits per heavy atom. The highest BCUT2D eigenvalue weighted by Gasteiger charge is 2.53. The number of piperidine rings is 1. The zero-order chi connectivity index (χ0) is 30.8. The number of benzene rings is 4. The first kappa shape index (κ1) is 29.8. The molecule has 0 aliphatic carbocycles. The predicted octanol–water partition coefficient (Wildman–Crippen LogP) is 6.10. The first-order valence-corrected chi connectivity index (χ1v) is 15.6. The van der Waals surface area contributed by atoms with Gasteiger partial charge in [-0.1, -0.05) is 109 Å². The fraction of sp³-hybridized carbons (Fsp3) is 0.316. The number of amides is 1. The molecule has 0 aromatic heterocycles. The van der Waals surface area contributed by atoms with E-state index in [9.17, 15) is 19.8 Å². The van der Waals surface area contributed by atoms with Crippen LogP contribution in [-0.4, -0.2) is 62.8 Å². The molecule has 0 saturated carbocycles. The number of carboxylic acids is 1. The molecule has 0 spiro atoms. The number of hydrogen-bond acceptors (Lipinski definition) is 4. The van der Waals surface area contributed by atoms with Crippen LogP contribution < -0.4 is 0 Å². The monoisotopic (exact) mass is 588 g/mol. The highest BCUT2D eigenvalue weighted by atomic mass is 16.4. The van der Waals surface area contributed by atoms with Gasteiger partial charge in [-0.3, -0.25) is 14.5 Å². The van der Waals surface area contributed by atoms with Crippen molar-refractivity contribution in [2.24, 2.45) is 0 Å². The molecule has 4 aromatic carbocycles. The first-order chi connectivity index (χ1) is 21.4. The number of carboxylic acid groups (broad SMARTS) is 1. The normalized spacial score (nSPS) is 20.9. The number of nitrogens with zero attached hydrogens (tertiary/aromatic N) is 2. The zero-order valence-corrected chi connectivity index (χ0v) is 25.3. The third-order valence-corrected chi connectivity index (χ3v) is 9.64. The second kappa shape index (κ2) is 12.8. The maximum atomic E-state index is 14.7. The van der Waals surface area contributed by atoms with Crippen molar-refractivity contribution in [2.45, 2.75) is 69.3 Å². The van der Waals surface area contributed by atoms with Gasteiger partial charge in [0.1, 0.15) is 12.3 Å². The van der Waals surface area contributed by atoms with Gasteiger partial charge in [0.15, 0.2) is 0 Å². The van der Waals surface area contributed by atoms with Gasteiger partial charge >= 0.3 is 5.97 Å². The van der Waals surface area contributed by atoms with Crippen LogP contribution in [0.5, 0.6) is 0 Å². The molecule has 2 saturated heterocycles. The Kier molecular flexibility index (Phi) is 8.65. The van der Waals surface area contributed by atoms with E-state index in [-0.39, 0.29) is 18.5 Å². The van der Waals surface area contributed by atoms with Crippen LogP contribution in [0.2, 0.25) is 0 Å². The van der Waals surface area contributed by atoms with Gasteiger partial charge in [-0.15, -0.1) is 0 Å². The lowest BCUT2D eigenvalue weighted by molar-refractivity contribution is -0.175. The van der Waals surface area contributed by atoms with Crippen LogP contribution >= 0.6 is 0 Å².